The van der Waals surface area contributed by atoms with Gasteiger partial charge in [0.2, 0.25) is 0 Å². The van der Waals surface area contributed by atoms with Crippen LogP contribution in [0.3, 0.4) is 0 Å². The average molecular weight is 388 g/mol. The molecule has 0 bridgehead atoms. The summed E-state index contributed by atoms with van der Waals surface area (Å²) in [6.45, 7) is 0.356. The maximum absolute atomic E-state index is 12.4. The highest BCUT2D eigenvalue weighted by Gasteiger charge is 2.15. The molecular formula is C16H10ClN5OS2. The van der Waals surface area contributed by atoms with Crippen LogP contribution in [0.25, 0.3) is 21.0 Å². The second-order valence-electron chi connectivity index (χ2n) is 5.50. The van der Waals surface area contributed by atoms with Crippen molar-refractivity contribution >= 4 is 61.1 Å². The van der Waals surface area contributed by atoms with E-state index in [1.165, 1.54) is 11.3 Å². The van der Waals surface area contributed by atoms with Crippen LogP contribution in [0.5, 0.6) is 0 Å². The number of nitrogens with zero attached hydrogens (tertiary/aromatic N) is 4. The lowest BCUT2D eigenvalue weighted by atomic mass is 10.4. The lowest BCUT2D eigenvalue weighted by molar-refractivity contribution is 0.0954. The third-order valence-corrected chi connectivity index (χ3v) is 5.86. The predicted octanol–water partition coefficient (Wildman–Crippen LogP) is 3.84. The lowest BCUT2D eigenvalue weighted by Gasteiger charge is -1.99. The van der Waals surface area contributed by atoms with Crippen LogP contribution in [0, 0.1) is 0 Å². The van der Waals surface area contributed by atoms with Gasteiger partial charge in [-0.15, -0.1) is 22.7 Å². The van der Waals surface area contributed by atoms with E-state index in [0.29, 0.717) is 16.4 Å². The summed E-state index contributed by atoms with van der Waals surface area (Å²) >= 11 is 8.95. The van der Waals surface area contributed by atoms with Crippen LogP contribution in [0.2, 0.25) is 5.02 Å². The van der Waals surface area contributed by atoms with Crippen molar-refractivity contribution in [3.05, 3.63) is 57.8 Å². The Balaban J connectivity index is 1.37. The summed E-state index contributed by atoms with van der Waals surface area (Å²) in [4.78, 5) is 23.9. The molecule has 6 nitrogen and oxygen atoms in total. The first kappa shape index (κ1) is 14.9. The first-order valence-corrected chi connectivity index (χ1v) is 9.51. The zero-order chi connectivity index (χ0) is 17.0. The van der Waals surface area contributed by atoms with Gasteiger partial charge in [0.1, 0.15) is 10.5 Å². The number of amides is 1. The van der Waals surface area contributed by atoms with E-state index in [1.54, 1.807) is 23.6 Å². The van der Waals surface area contributed by atoms with Gasteiger partial charge in [-0.25, -0.2) is 9.97 Å². The molecule has 0 fully saturated rings. The van der Waals surface area contributed by atoms with Crippen LogP contribution >= 0.6 is 34.3 Å². The Bertz CT molecular complexity index is 1250. The number of carbonyl (C=O) groups is 1. The quantitative estimate of drug-likeness (QED) is 0.511. The summed E-state index contributed by atoms with van der Waals surface area (Å²) in [5.41, 5.74) is 2.54. The van der Waals surface area contributed by atoms with Crippen molar-refractivity contribution < 1.29 is 4.79 Å². The van der Waals surface area contributed by atoms with Crippen LogP contribution in [0.4, 0.5) is 0 Å². The third-order valence-electron chi connectivity index (χ3n) is 3.86. The molecule has 0 aliphatic heterocycles. The second kappa shape index (κ2) is 5.55. The van der Waals surface area contributed by atoms with Crippen LogP contribution in [0.15, 0.2) is 42.2 Å². The Kier molecular flexibility index (Phi) is 3.30. The summed E-state index contributed by atoms with van der Waals surface area (Å²) in [5, 5.41) is 5.53. The minimum atomic E-state index is -0.123. The van der Waals surface area contributed by atoms with E-state index in [4.69, 9.17) is 11.6 Å². The Morgan fingerprint density at radius 2 is 2.20 bits per heavy atom. The van der Waals surface area contributed by atoms with E-state index >= 15 is 0 Å². The standard InChI is InChI=1S/C16H10ClN5OS2/c17-9-1-2-13-19-10(8-21(13)7-9)6-18-14(23)12-5-11-15(25-12)20-16-22(11)3-4-24-16/h1-5,7-8H,6H2,(H,18,23). The van der Waals surface area contributed by atoms with E-state index in [2.05, 4.69) is 15.3 Å². The average Bonchev–Trinajstić information content (AvgIpc) is 3.31. The maximum atomic E-state index is 12.4. The number of rotatable bonds is 3. The molecule has 0 aromatic carbocycles. The van der Waals surface area contributed by atoms with Gasteiger partial charge in [-0.2, -0.15) is 0 Å². The summed E-state index contributed by atoms with van der Waals surface area (Å²) in [6, 6.07) is 5.51. The molecule has 0 aliphatic carbocycles. The number of thiazole rings is 1. The molecule has 124 valence electrons. The van der Waals surface area contributed by atoms with E-state index in [0.717, 1.165) is 26.6 Å². The molecule has 9 heteroatoms. The fourth-order valence-electron chi connectivity index (χ4n) is 2.72. The van der Waals surface area contributed by atoms with Gasteiger partial charge in [-0.3, -0.25) is 9.20 Å². The minimum Gasteiger partial charge on any atom is -0.346 e. The fraction of sp³-hybridized carbons (Fsp3) is 0.0625. The van der Waals surface area contributed by atoms with Gasteiger partial charge >= 0.3 is 0 Å². The number of hydrogen-bond acceptors (Lipinski definition) is 5. The van der Waals surface area contributed by atoms with Crippen LogP contribution < -0.4 is 5.32 Å². The van der Waals surface area contributed by atoms with Crippen molar-refractivity contribution in [1.82, 2.24) is 24.1 Å². The first-order chi connectivity index (χ1) is 12.2. The number of pyridine rings is 1. The Morgan fingerprint density at radius 1 is 1.28 bits per heavy atom. The highest BCUT2D eigenvalue weighted by atomic mass is 35.5. The van der Waals surface area contributed by atoms with Gasteiger partial charge in [-0.05, 0) is 18.2 Å². The molecule has 1 N–H and O–H groups in total. The Labute approximate surface area is 154 Å². The topological polar surface area (TPSA) is 63.7 Å². The van der Waals surface area contributed by atoms with Crippen molar-refractivity contribution in [3.8, 4) is 0 Å². The van der Waals surface area contributed by atoms with Crippen molar-refractivity contribution in [3.63, 3.8) is 0 Å². The molecule has 5 heterocycles. The molecule has 1 amide bonds. The number of hydrogen-bond donors (Lipinski definition) is 1. The largest absolute Gasteiger partial charge is 0.346 e. The smallest absolute Gasteiger partial charge is 0.261 e. The molecule has 5 rings (SSSR count). The lowest BCUT2D eigenvalue weighted by Crippen LogP contribution is -2.21. The number of carbonyl (C=O) groups excluding carboxylic acids is 1. The normalized spacial score (nSPS) is 11.7. The summed E-state index contributed by atoms with van der Waals surface area (Å²) < 4.78 is 3.84. The van der Waals surface area contributed by atoms with E-state index in [9.17, 15) is 4.79 Å². The van der Waals surface area contributed by atoms with Gasteiger partial charge in [0.05, 0.1) is 27.7 Å². The van der Waals surface area contributed by atoms with Gasteiger partial charge < -0.3 is 9.72 Å². The van der Waals surface area contributed by atoms with Gasteiger partial charge in [0.25, 0.3) is 5.91 Å². The van der Waals surface area contributed by atoms with Crippen LogP contribution in [0.1, 0.15) is 15.4 Å². The van der Waals surface area contributed by atoms with Crippen LogP contribution in [-0.4, -0.2) is 24.7 Å². The zero-order valence-corrected chi connectivity index (χ0v) is 15.0. The Morgan fingerprint density at radius 3 is 3.12 bits per heavy atom. The molecule has 0 saturated heterocycles. The number of fused-ring (bicyclic) bond motifs is 4. The monoisotopic (exact) mass is 387 g/mol. The minimum absolute atomic E-state index is 0.123. The molecule has 25 heavy (non-hydrogen) atoms. The van der Waals surface area contributed by atoms with Crippen molar-refractivity contribution in [2.24, 2.45) is 0 Å². The number of imidazole rings is 2. The van der Waals surface area contributed by atoms with E-state index in [1.807, 2.05) is 38.7 Å². The van der Waals surface area contributed by atoms with Gasteiger partial charge in [-0.1, -0.05) is 11.6 Å². The van der Waals surface area contributed by atoms with E-state index < -0.39 is 0 Å². The van der Waals surface area contributed by atoms with E-state index in [-0.39, 0.29) is 5.91 Å². The van der Waals surface area contributed by atoms with Gasteiger partial charge in [0.15, 0.2) is 4.96 Å². The van der Waals surface area contributed by atoms with Gasteiger partial charge in [0, 0.05) is 24.0 Å². The Hall–Kier alpha value is -2.42. The SMILES string of the molecule is O=C(NCc1cn2cc(Cl)ccc2n1)c1cc2c(nc3sccn32)s1. The highest BCUT2D eigenvalue weighted by Crippen LogP contribution is 2.28. The molecule has 5 aromatic heterocycles. The summed E-state index contributed by atoms with van der Waals surface area (Å²) in [7, 11) is 0. The third kappa shape index (κ3) is 2.50. The molecule has 0 atom stereocenters. The summed E-state index contributed by atoms with van der Waals surface area (Å²) in [5.74, 6) is -0.123. The zero-order valence-electron chi connectivity index (χ0n) is 12.6. The molecule has 0 spiro atoms. The molecule has 0 radical (unpaired) electrons. The second-order valence-corrected chi connectivity index (χ2v) is 7.84. The number of thiophene rings is 1. The number of halogens is 1. The number of aromatic nitrogens is 4. The number of nitrogens with one attached hydrogen (secondary N) is 1. The van der Waals surface area contributed by atoms with Crippen LogP contribution in [-0.2, 0) is 6.54 Å². The molecular weight excluding hydrogens is 378 g/mol. The van der Waals surface area contributed by atoms with Crippen molar-refractivity contribution in [2.45, 2.75) is 6.54 Å². The highest BCUT2D eigenvalue weighted by molar-refractivity contribution is 7.21. The molecule has 0 aliphatic rings. The molecule has 0 unspecified atom stereocenters. The maximum Gasteiger partial charge on any atom is 0.261 e. The predicted molar refractivity (Wildman–Crippen MR) is 99.8 cm³/mol. The fourth-order valence-corrected chi connectivity index (χ4v) is 4.60. The first-order valence-electron chi connectivity index (χ1n) is 7.44. The van der Waals surface area contributed by atoms with Crippen molar-refractivity contribution in [1.29, 1.82) is 0 Å². The summed E-state index contributed by atoms with van der Waals surface area (Å²) in [6.07, 6.45) is 5.61. The molecule has 5 aromatic rings. The molecule has 0 saturated carbocycles. The van der Waals surface area contributed by atoms with Crippen molar-refractivity contribution in [2.75, 3.05) is 0 Å².